The van der Waals surface area contributed by atoms with E-state index in [0.29, 0.717) is 25.9 Å². The molecule has 1 aromatic heterocycles. The van der Waals surface area contributed by atoms with E-state index in [-0.39, 0.29) is 36.2 Å². The molecule has 2 N–H and O–H groups in total. The van der Waals surface area contributed by atoms with E-state index in [1.54, 1.807) is 4.90 Å². The van der Waals surface area contributed by atoms with Crippen molar-refractivity contribution in [1.82, 2.24) is 15.5 Å². The summed E-state index contributed by atoms with van der Waals surface area (Å²) in [5, 5.41) is 7.29. The minimum absolute atomic E-state index is 0.00531. The van der Waals surface area contributed by atoms with E-state index in [1.165, 1.54) is 11.3 Å². The van der Waals surface area contributed by atoms with Crippen LogP contribution in [0.3, 0.4) is 0 Å². The molecule has 2 rings (SSSR count). The Labute approximate surface area is 140 Å². The van der Waals surface area contributed by atoms with Crippen molar-refractivity contribution in [3.63, 3.8) is 0 Å². The molecule has 1 saturated heterocycles. The molecular formula is C16H23N3O3S. The number of carbonyl (C=O) groups excluding carboxylic acids is 3. The van der Waals surface area contributed by atoms with Crippen molar-refractivity contribution in [2.75, 3.05) is 19.6 Å². The number of hydrogen-bond acceptors (Lipinski definition) is 4. The second-order valence-electron chi connectivity index (χ2n) is 5.98. The summed E-state index contributed by atoms with van der Waals surface area (Å²) < 4.78 is 0. The van der Waals surface area contributed by atoms with Crippen molar-refractivity contribution in [3.8, 4) is 0 Å². The topological polar surface area (TPSA) is 78.5 Å². The standard InChI is InChI=1S/C16H23N3O3S/c1-11(2)18-14(20)10-17-15(21)12-5-7-19(8-6-12)16(22)13-4-3-9-23-13/h3-4,9,11-12H,5-8,10H2,1-2H3,(H,17,21)(H,18,20). The van der Waals surface area contributed by atoms with Gasteiger partial charge < -0.3 is 15.5 Å². The van der Waals surface area contributed by atoms with Crippen LogP contribution in [0, 0.1) is 5.92 Å². The van der Waals surface area contributed by atoms with Crippen LogP contribution in [0.1, 0.15) is 36.4 Å². The first-order chi connectivity index (χ1) is 11.0. The first-order valence-electron chi connectivity index (χ1n) is 7.87. The van der Waals surface area contributed by atoms with Crippen LogP contribution in [0.5, 0.6) is 0 Å². The molecule has 0 spiro atoms. The number of piperidine rings is 1. The molecule has 1 aliphatic rings. The van der Waals surface area contributed by atoms with Crippen LogP contribution < -0.4 is 10.6 Å². The molecule has 0 atom stereocenters. The number of hydrogen-bond donors (Lipinski definition) is 2. The van der Waals surface area contributed by atoms with Crippen LogP contribution in [-0.2, 0) is 9.59 Å². The predicted molar refractivity (Wildman–Crippen MR) is 89.2 cm³/mol. The van der Waals surface area contributed by atoms with Crippen LogP contribution in [0.25, 0.3) is 0 Å². The molecule has 0 aromatic carbocycles. The first-order valence-corrected chi connectivity index (χ1v) is 8.75. The monoisotopic (exact) mass is 337 g/mol. The fourth-order valence-corrected chi connectivity index (χ4v) is 3.28. The van der Waals surface area contributed by atoms with Crippen molar-refractivity contribution < 1.29 is 14.4 Å². The molecular weight excluding hydrogens is 314 g/mol. The molecule has 6 nitrogen and oxygen atoms in total. The lowest BCUT2D eigenvalue weighted by Crippen LogP contribution is -2.45. The van der Waals surface area contributed by atoms with Gasteiger partial charge in [0, 0.05) is 25.0 Å². The molecule has 23 heavy (non-hydrogen) atoms. The third kappa shape index (κ3) is 5.06. The second kappa shape index (κ2) is 8.10. The van der Waals surface area contributed by atoms with E-state index in [1.807, 2.05) is 31.4 Å². The van der Waals surface area contributed by atoms with Gasteiger partial charge in [-0.15, -0.1) is 11.3 Å². The van der Waals surface area contributed by atoms with E-state index < -0.39 is 0 Å². The van der Waals surface area contributed by atoms with Crippen molar-refractivity contribution in [2.24, 2.45) is 5.92 Å². The first kappa shape index (κ1) is 17.5. The number of nitrogens with zero attached hydrogens (tertiary/aromatic N) is 1. The Morgan fingerprint density at radius 1 is 1.30 bits per heavy atom. The van der Waals surface area contributed by atoms with Gasteiger partial charge >= 0.3 is 0 Å². The summed E-state index contributed by atoms with van der Waals surface area (Å²) in [5.41, 5.74) is 0. The third-order valence-electron chi connectivity index (χ3n) is 3.76. The summed E-state index contributed by atoms with van der Waals surface area (Å²) >= 11 is 1.43. The molecule has 0 aliphatic carbocycles. The molecule has 3 amide bonds. The van der Waals surface area contributed by atoms with E-state index in [4.69, 9.17) is 0 Å². The van der Waals surface area contributed by atoms with Gasteiger partial charge in [0.1, 0.15) is 0 Å². The molecule has 126 valence electrons. The fraction of sp³-hybridized carbons (Fsp3) is 0.562. The highest BCUT2D eigenvalue weighted by molar-refractivity contribution is 7.12. The van der Waals surface area contributed by atoms with Gasteiger partial charge in [-0.2, -0.15) is 0 Å². The average Bonchev–Trinajstić information content (AvgIpc) is 3.06. The number of thiophene rings is 1. The quantitative estimate of drug-likeness (QED) is 0.848. The van der Waals surface area contributed by atoms with Gasteiger partial charge in [0.05, 0.1) is 11.4 Å². The zero-order valence-electron chi connectivity index (χ0n) is 13.5. The number of carbonyl (C=O) groups is 3. The molecule has 2 heterocycles. The highest BCUT2D eigenvalue weighted by Gasteiger charge is 2.28. The number of amides is 3. The lowest BCUT2D eigenvalue weighted by atomic mass is 9.96. The molecule has 1 aromatic rings. The van der Waals surface area contributed by atoms with E-state index in [9.17, 15) is 14.4 Å². The zero-order valence-corrected chi connectivity index (χ0v) is 14.3. The molecule has 1 fully saturated rings. The van der Waals surface area contributed by atoms with E-state index in [2.05, 4.69) is 10.6 Å². The summed E-state index contributed by atoms with van der Waals surface area (Å²) in [6.07, 6.45) is 1.27. The molecule has 0 unspecified atom stereocenters. The van der Waals surface area contributed by atoms with Gasteiger partial charge in [0.2, 0.25) is 11.8 Å². The Bertz CT molecular complexity index is 549. The van der Waals surface area contributed by atoms with Gasteiger partial charge in [0.15, 0.2) is 0 Å². The minimum Gasteiger partial charge on any atom is -0.352 e. The lowest BCUT2D eigenvalue weighted by molar-refractivity contribution is -0.129. The Kier molecular flexibility index (Phi) is 6.15. The Balaban J connectivity index is 1.74. The van der Waals surface area contributed by atoms with Crippen LogP contribution in [0.4, 0.5) is 0 Å². The van der Waals surface area contributed by atoms with Crippen LogP contribution in [0.2, 0.25) is 0 Å². The lowest BCUT2D eigenvalue weighted by Gasteiger charge is -2.31. The van der Waals surface area contributed by atoms with E-state index >= 15 is 0 Å². The highest BCUT2D eigenvalue weighted by Crippen LogP contribution is 2.20. The summed E-state index contributed by atoms with van der Waals surface area (Å²) in [7, 11) is 0. The van der Waals surface area contributed by atoms with Crippen molar-refractivity contribution in [1.29, 1.82) is 0 Å². The van der Waals surface area contributed by atoms with Crippen LogP contribution >= 0.6 is 11.3 Å². The minimum atomic E-state index is -0.182. The third-order valence-corrected chi connectivity index (χ3v) is 4.62. The Hall–Kier alpha value is -1.89. The number of likely N-dealkylation sites (tertiary alicyclic amines) is 1. The van der Waals surface area contributed by atoms with E-state index in [0.717, 1.165) is 4.88 Å². The largest absolute Gasteiger partial charge is 0.352 e. The fourth-order valence-electron chi connectivity index (χ4n) is 2.59. The van der Waals surface area contributed by atoms with Crippen molar-refractivity contribution >= 4 is 29.1 Å². The zero-order chi connectivity index (χ0) is 16.8. The van der Waals surface area contributed by atoms with Gasteiger partial charge in [-0.1, -0.05) is 6.07 Å². The van der Waals surface area contributed by atoms with Crippen LogP contribution in [-0.4, -0.2) is 48.3 Å². The van der Waals surface area contributed by atoms with Crippen molar-refractivity contribution in [3.05, 3.63) is 22.4 Å². The summed E-state index contributed by atoms with van der Waals surface area (Å²) in [5.74, 6) is -0.379. The highest BCUT2D eigenvalue weighted by atomic mass is 32.1. The molecule has 0 saturated carbocycles. The maximum atomic E-state index is 12.2. The summed E-state index contributed by atoms with van der Waals surface area (Å²) in [4.78, 5) is 38.4. The summed E-state index contributed by atoms with van der Waals surface area (Å²) in [6, 6.07) is 3.74. The number of rotatable bonds is 5. The maximum Gasteiger partial charge on any atom is 0.263 e. The van der Waals surface area contributed by atoms with Gasteiger partial charge in [-0.3, -0.25) is 14.4 Å². The van der Waals surface area contributed by atoms with Crippen LogP contribution in [0.15, 0.2) is 17.5 Å². The molecule has 0 bridgehead atoms. The predicted octanol–water partition coefficient (Wildman–Crippen LogP) is 1.24. The van der Waals surface area contributed by atoms with Gasteiger partial charge in [0.25, 0.3) is 5.91 Å². The molecule has 0 radical (unpaired) electrons. The molecule has 1 aliphatic heterocycles. The normalized spacial score (nSPS) is 15.5. The number of nitrogens with one attached hydrogen (secondary N) is 2. The van der Waals surface area contributed by atoms with Crippen molar-refractivity contribution in [2.45, 2.75) is 32.7 Å². The molecule has 7 heteroatoms. The SMILES string of the molecule is CC(C)NC(=O)CNC(=O)C1CCN(C(=O)c2cccs2)CC1. The van der Waals surface area contributed by atoms with Gasteiger partial charge in [-0.05, 0) is 38.1 Å². The maximum absolute atomic E-state index is 12.2. The Morgan fingerprint density at radius 3 is 2.57 bits per heavy atom. The average molecular weight is 337 g/mol. The summed E-state index contributed by atoms with van der Waals surface area (Å²) in [6.45, 7) is 4.91. The smallest absolute Gasteiger partial charge is 0.263 e. The Morgan fingerprint density at radius 2 is 2.00 bits per heavy atom. The van der Waals surface area contributed by atoms with Gasteiger partial charge in [-0.25, -0.2) is 0 Å². The second-order valence-corrected chi connectivity index (χ2v) is 6.93.